The van der Waals surface area contributed by atoms with E-state index in [0.29, 0.717) is 6.04 Å². The first kappa shape index (κ1) is 21.4. The first-order valence-corrected chi connectivity index (χ1v) is 10.5. The topological polar surface area (TPSA) is 9.72 Å². The standard InChI is InChI=1S/C23H43N3/c1-8-24(9-2)15-16-25(10-3)17-18-26(11-4)20-21-13-12-14-22(19-21)23(5,6)7/h12-14,19H,8-11,15-18,20H2,1-7H3/i13T. The Hall–Kier alpha value is -0.900. The van der Waals surface area contributed by atoms with Gasteiger partial charge in [-0.2, -0.15) is 0 Å². The van der Waals surface area contributed by atoms with Crippen LogP contribution in [0.1, 0.15) is 61.0 Å². The van der Waals surface area contributed by atoms with Gasteiger partial charge in [-0.05, 0) is 42.7 Å². The largest absolute Gasteiger partial charge is 0.303 e. The van der Waals surface area contributed by atoms with E-state index in [9.17, 15) is 0 Å². The number of hydrogen-bond acceptors (Lipinski definition) is 3. The van der Waals surface area contributed by atoms with Gasteiger partial charge < -0.3 is 9.80 Å². The predicted molar refractivity (Wildman–Crippen MR) is 116 cm³/mol. The average molecular weight is 364 g/mol. The second-order valence-corrected chi connectivity index (χ2v) is 8.18. The van der Waals surface area contributed by atoms with Crippen molar-refractivity contribution in [3.05, 3.63) is 35.4 Å². The first-order chi connectivity index (χ1) is 12.7. The lowest BCUT2D eigenvalue weighted by atomic mass is 9.86. The Morgan fingerprint density at radius 3 is 1.81 bits per heavy atom. The van der Waals surface area contributed by atoms with Gasteiger partial charge in [-0.25, -0.2) is 0 Å². The van der Waals surface area contributed by atoms with Crippen LogP contribution in [0.25, 0.3) is 0 Å². The van der Waals surface area contributed by atoms with Gasteiger partial charge in [0.2, 0.25) is 0 Å². The molecule has 0 saturated heterocycles. The van der Waals surface area contributed by atoms with E-state index in [4.69, 9.17) is 1.37 Å². The molecule has 0 spiro atoms. The molecule has 1 aromatic carbocycles. The zero-order chi connectivity index (χ0) is 20.4. The zero-order valence-corrected chi connectivity index (χ0v) is 18.4. The summed E-state index contributed by atoms with van der Waals surface area (Å²) >= 11 is 0. The monoisotopic (exact) mass is 363 g/mol. The summed E-state index contributed by atoms with van der Waals surface area (Å²) in [6, 6.07) is 6.97. The van der Waals surface area contributed by atoms with Crippen LogP contribution in [0.3, 0.4) is 0 Å². The molecule has 0 aromatic heterocycles. The molecule has 0 heterocycles. The molecule has 0 radical (unpaired) electrons. The van der Waals surface area contributed by atoms with Crippen molar-refractivity contribution in [1.82, 2.24) is 14.7 Å². The average Bonchev–Trinajstić information content (AvgIpc) is 2.64. The maximum Gasteiger partial charge on any atom is 0.0626 e. The van der Waals surface area contributed by atoms with Crippen molar-refractivity contribution in [2.45, 2.75) is 60.4 Å². The minimum atomic E-state index is 0.128. The molecule has 26 heavy (non-hydrogen) atoms. The summed E-state index contributed by atoms with van der Waals surface area (Å²) in [5.41, 5.74) is 2.59. The second kappa shape index (κ2) is 11.7. The number of rotatable bonds is 12. The maximum atomic E-state index is 8.31. The van der Waals surface area contributed by atoms with Crippen molar-refractivity contribution in [1.29, 1.82) is 0 Å². The van der Waals surface area contributed by atoms with Crippen molar-refractivity contribution < 1.29 is 1.37 Å². The van der Waals surface area contributed by atoms with E-state index in [0.717, 1.165) is 64.5 Å². The summed E-state index contributed by atoms with van der Waals surface area (Å²) in [6.07, 6.45) is 0. The molecule has 0 aliphatic heterocycles. The van der Waals surface area contributed by atoms with Crippen molar-refractivity contribution in [2.24, 2.45) is 0 Å². The molecule has 0 bridgehead atoms. The molecule has 1 rings (SSSR count). The van der Waals surface area contributed by atoms with Crippen LogP contribution in [0, 0.1) is 0 Å². The third kappa shape index (κ3) is 8.20. The molecule has 150 valence electrons. The SMILES string of the molecule is [3H]c1ccc(C(C)(C)C)cc1CN(CC)CCN(CC)CCN(CC)CC. The van der Waals surface area contributed by atoms with Crippen molar-refractivity contribution in [3.8, 4) is 0 Å². The lowest BCUT2D eigenvalue weighted by molar-refractivity contribution is 0.185. The predicted octanol–water partition coefficient (Wildman–Crippen LogP) is 4.47. The Morgan fingerprint density at radius 1 is 0.808 bits per heavy atom. The van der Waals surface area contributed by atoms with Crippen LogP contribution >= 0.6 is 0 Å². The summed E-state index contributed by atoms with van der Waals surface area (Å²) in [5.74, 6) is 0. The fraction of sp³-hybridized carbons (Fsp3) is 0.739. The third-order valence-corrected chi connectivity index (χ3v) is 5.38. The van der Waals surface area contributed by atoms with E-state index in [1.165, 1.54) is 5.56 Å². The van der Waals surface area contributed by atoms with Crippen molar-refractivity contribution >= 4 is 0 Å². The third-order valence-electron chi connectivity index (χ3n) is 5.38. The molecule has 0 aliphatic rings. The van der Waals surface area contributed by atoms with Crippen LogP contribution in [-0.2, 0) is 12.0 Å². The lowest BCUT2D eigenvalue weighted by Gasteiger charge is -2.28. The van der Waals surface area contributed by atoms with Gasteiger partial charge in [-0.1, -0.05) is 72.7 Å². The van der Waals surface area contributed by atoms with E-state index in [2.05, 4.69) is 75.3 Å². The molecule has 0 N–H and O–H groups in total. The van der Waals surface area contributed by atoms with Crippen LogP contribution in [0.15, 0.2) is 24.2 Å². The minimum Gasteiger partial charge on any atom is -0.303 e. The molecule has 1 aromatic rings. The van der Waals surface area contributed by atoms with E-state index in [1.807, 2.05) is 6.07 Å². The summed E-state index contributed by atoms with van der Waals surface area (Å²) in [7, 11) is 0. The Balaban J connectivity index is 2.66. The highest BCUT2D eigenvalue weighted by Crippen LogP contribution is 2.23. The molecule has 0 fully saturated rings. The Morgan fingerprint density at radius 2 is 1.31 bits per heavy atom. The first-order valence-electron chi connectivity index (χ1n) is 11.0. The molecule has 0 unspecified atom stereocenters. The van der Waals surface area contributed by atoms with Gasteiger partial charge in [0.25, 0.3) is 0 Å². The zero-order valence-electron chi connectivity index (χ0n) is 19.4. The van der Waals surface area contributed by atoms with E-state index >= 15 is 0 Å². The van der Waals surface area contributed by atoms with Crippen molar-refractivity contribution in [2.75, 3.05) is 52.4 Å². The molecule has 3 nitrogen and oxygen atoms in total. The Kier molecular flexibility index (Phi) is 9.66. The molecule has 0 amide bonds. The lowest BCUT2D eigenvalue weighted by Crippen LogP contribution is -2.39. The molecule has 0 saturated carbocycles. The quantitative estimate of drug-likeness (QED) is 0.542. The van der Waals surface area contributed by atoms with Gasteiger partial charge >= 0.3 is 0 Å². The van der Waals surface area contributed by atoms with Gasteiger partial charge in [0.1, 0.15) is 0 Å². The Bertz CT molecular complexity index is 535. The molecule has 0 atom stereocenters. The number of nitrogens with zero attached hydrogens (tertiary/aromatic N) is 3. The Labute approximate surface area is 164 Å². The number of hydrogen-bond donors (Lipinski definition) is 0. The van der Waals surface area contributed by atoms with E-state index in [-0.39, 0.29) is 5.41 Å². The highest BCUT2D eigenvalue weighted by atomic mass is 15.2. The molecule has 0 aliphatic carbocycles. The van der Waals surface area contributed by atoms with Gasteiger partial charge in [0, 0.05) is 32.7 Å². The van der Waals surface area contributed by atoms with Crippen LogP contribution in [-0.4, -0.2) is 67.1 Å². The number of likely N-dealkylation sites (N-methyl/N-ethyl adjacent to an activating group) is 3. The van der Waals surface area contributed by atoms with E-state index in [1.54, 1.807) is 0 Å². The summed E-state index contributed by atoms with van der Waals surface area (Å²) in [6.45, 7) is 25.4. The van der Waals surface area contributed by atoms with Crippen LogP contribution in [0.4, 0.5) is 0 Å². The highest BCUT2D eigenvalue weighted by molar-refractivity contribution is 5.28. The van der Waals surface area contributed by atoms with Gasteiger partial charge in [0.15, 0.2) is 0 Å². The summed E-state index contributed by atoms with van der Waals surface area (Å²) < 4.78 is 8.31. The van der Waals surface area contributed by atoms with Gasteiger partial charge in [-0.3, -0.25) is 4.90 Å². The fourth-order valence-electron chi connectivity index (χ4n) is 3.20. The smallest absolute Gasteiger partial charge is 0.0626 e. The fourth-order valence-corrected chi connectivity index (χ4v) is 3.20. The molecule has 3 heteroatoms. The van der Waals surface area contributed by atoms with Crippen LogP contribution in [0.5, 0.6) is 0 Å². The maximum absolute atomic E-state index is 8.31. The minimum absolute atomic E-state index is 0.128. The summed E-state index contributed by atoms with van der Waals surface area (Å²) in [4.78, 5) is 7.51. The number of benzene rings is 1. The van der Waals surface area contributed by atoms with Crippen molar-refractivity contribution in [3.63, 3.8) is 0 Å². The molecular formula is C23H43N3. The second-order valence-electron chi connectivity index (χ2n) is 8.18. The van der Waals surface area contributed by atoms with E-state index < -0.39 is 0 Å². The van der Waals surface area contributed by atoms with Gasteiger partial charge in [-0.15, -0.1) is 0 Å². The highest BCUT2D eigenvalue weighted by Gasteiger charge is 2.14. The molecular weight excluding hydrogens is 318 g/mol. The van der Waals surface area contributed by atoms with Crippen LogP contribution < -0.4 is 0 Å². The summed E-state index contributed by atoms with van der Waals surface area (Å²) in [5, 5.41) is 0. The normalized spacial score (nSPS) is 13.1. The van der Waals surface area contributed by atoms with Crippen LogP contribution in [0.2, 0.25) is 0 Å². The van der Waals surface area contributed by atoms with Gasteiger partial charge in [0.05, 0.1) is 1.37 Å².